The van der Waals surface area contributed by atoms with Gasteiger partial charge in [-0.05, 0) is 49.9 Å². The third-order valence-electron chi connectivity index (χ3n) is 7.86. The summed E-state index contributed by atoms with van der Waals surface area (Å²) >= 11 is 0. The van der Waals surface area contributed by atoms with Crippen LogP contribution in [0.5, 0.6) is 23.0 Å². The largest absolute Gasteiger partial charge is 0.508 e. The molecule has 5 rings (SSSR count). The number of phenols is 3. The maximum atomic E-state index is 10.6. The molecule has 2 aromatic carbocycles. The van der Waals surface area contributed by atoms with E-state index in [1.165, 1.54) is 0 Å². The van der Waals surface area contributed by atoms with Gasteiger partial charge >= 0.3 is 0 Å². The van der Waals surface area contributed by atoms with Crippen LogP contribution >= 0.6 is 0 Å². The van der Waals surface area contributed by atoms with Crippen molar-refractivity contribution in [1.82, 2.24) is 0 Å². The van der Waals surface area contributed by atoms with Gasteiger partial charge in [-0.1, -0.05) is 13.8 Å². The zero-order valence-electron chi connectivity index (χ0n) is 18.9. The topological polar surface area (TPSA) is 88.4 Å². The highest BCUT2D eigenvalue weighted by molar-refractivity contribution is 5.60. The Morgan fingerprint density at radius 2 is 1.61 bits per heavy atom. The molecule has 6 heteroatoms. The van der Waals surface area contributed by atoms with Crippen LogP contribution < -0.4 is 4.74 Å². The lowest BCUT2D eigenvalue weighted by Gasteiger charge is -2.51. The van der Waals surface area contributed by atoms with Crippen LogP contribution in [0.15, 0.2) is 6.07 Å². The van der Waals surface area contributed by atoms with E-state index in [1.807, 2.05) is 20.8 Å². The van der Waals surface area contributed by atoms with Crippen LogP contribution in [0.3, 0.4) is 0 Å². The van der Waals surface area contributed by atoms with Gasteiger partial charge in [-0.3, -0.25) is 0 Å². The molecule has 1 spiro atoms. The third kappa shape index (κ3) is 2.58. The second-order valence-electron chi connectivity index (χ2n) is 9.43. The van der Waals surface area contributed by atoms with Gasteiger partial charge in [0.2, 0.25) is 5.79 Å². The first-order chi connectivity index (χ1) is 14.6. The van der Waals surface area contributed by atoms with E-state index in [1.54, 1.807) is 13.0 Å². The zero-order valence-corrected chi connectivity index (χ0v) is 18.9. The lowest BCUT2D eigenvalue weighted by Crippen LogP contribution is -2.52. The molecule has 3 heterocycles. The second-order valence-corrected chi connectivity index (χ2v) is 9.43. The van der Waals surface area contributed by atoms with Crippen molar-refractivity contribution in [2.24, 2.45) is 0 Å². The molecule has 0 aromatic heterocycles. The summed E-state index contributed by atoms with van der Waals surface area (Å²) in [7, 11) is 0. The monoisotopic (exact) mass is 426 g/mol. The van der Waals surface area contributed by atoms with Crippen LogP contribution in [-0.4, -0.2) is 27.2 Å². The molecular formula is C25H30O6. The molecule has 3 aliphatic rings. The molecular weight excluding hydrogens is 396 g/mol. The van der Waals surface area contributed by atoms with Gasteiger partial charge in [0, 0.05) is 41.0 Å². The molecule has 0 fully saturated rings. The van der Waals surface area contributed by atoms with Gasteiger partial charge in [0.1, 0.15) is 23.0 Å². The SMILES string of the molecule is Cc1c(O)c(C)c2c(c1O)CO[C@]1(CC3O[C@H](C)[C@@H](C)c4c(C)c(O)cc(c43)O1)[C@H]2C. The predicted octanol–water partition coefficient (Wildman–Crippen LogP) is 5.10. The standard InChI is InChI=1S/C25H30O6/c1-10-15(6)30-19-8-25(31-18-7-17(26)11(2)20(10)22(18)19)14(5)21-12(3)23(27)13(4)24(28)16(21)9-29-25/h7,10,14-15,19,26-28H,8-9H2,1-6H3/t10-,14+,15-,19?,25+/m1/s1. The van der Waals surface area contributed by atoms with Gasteiger partial charge in [0.05, 0.1) is 18.8 Å². The van der Waals surface area contributed by atoms with E-state index in [2.05, 4.69) is 13.8 Å². The van der Waals surface area contributed by atoms with Crippen LogP contribution in [0.4, 0.5) is 0 Å². The van der Waals surface area contributed by atoms with Crippen molar-refractivity contribution in [2.45, 2.75) is 84.4 Å². The molecule has 31 heavy (non-hydrogen) atoms. The lowest BCUT2D eigenvalue weighted by molar-refractivity contribution is -0.247. The number of rotatable bonds is 0. The minimum Gasteiger partial charge on any atom is -0.508 e. The Morgan fingerprint density at radius 3 is 2.32 bits per heavy atom. The van der Waals surface area contributed by atoms with Gasteiger partial charge in [0.25, 0.3) is 0 Å². The minimum atomic E-state index is -1.02. The number of hydrogen-bond donors (Lipinski definition) is 3. The predicted molar refractivity (Wildman–Crippen MR) is 115 cm³/mol. The summed E-state index contributed by atoms with van der Waals surface area (Å²) < 4.78 is 19.3. The Morgan fingerprint density at radius 1 is 0.903 bits per heavy atom. The van der Waals surface area contributed by atoms with Gasteiger partial charge < -0.3 is 29.5 Å². The minimum absolute atomic E-state index is 0.00958. The van der Waals surface area contributed by atoms with E-state index in [4.69, 9.17) is 14.2 Å². The van der Waals surface area contributed by atoms with Crippen LogP contribution in [0.1, 0.15) is 84.1 Å². The van der Waals surface area contributed by atoms with Crippen molar-refractivity contribution in [1.29, 1.82) is 0 Å². The average molecular weight is 427 g/mol. The first kappa shape index (κ1) is 20.5. The third-order valence-corrected chi connectivity index (χ3v) is 7.86. The Hall–Kier alpha value is -2.44. The highest BCUT2D eigenvalue weighted by atomic mass is 16.7. The molecule has 0 aliphatic carbocycles. The summed E-state index contributed by atoms with van der Waals surface area (Å²) in [4.78, 5) is 0. The molecule has 5 atom stereocenters. The molecule has 3 aliphatic heterocycles. The molecule has 0 saturated carbocycles. The van der Waals surface area contributed by atoms with Crippen molar-refractivity contribution >= 4 is 0 Å². The second kappa shape index (κ2) is 6.53. The number of benzene rings is 2. The van der Waals surface area contributed by atoms with E-state index in [0.717, 1.165) is 27.8 Å². The van der Waals surface area contributed by atoms with Crippen LogP contribution in [0.2, 0.25) is 0 Å². The van der Waals surface area contributed by atoms with Gasteiger partial charge in [0.15, 0.2) is 0 Å². The van der Waals surface area contributed by atoms with Gasteiger partial charge in [-0.25, -0.2) is 0 Å². The first-order valence-corrected chi connectivity index (χ1v) is 11.0. The summed E-state index contributed by atoms with van der Waals surface area (Å²) in [6.07, 6.45) is 0.259. The normalized spacial score (nSPS) is 31.2. The van der Waals surface area contributed by atoms with E-state index in [0.29, 0.717) is 23.3 Å². The molecule has 166 valence electrons. The highest BCUT2D eigenvalue weighted by Gasteiger charge is 2.53. The van der Waals surface area contributed by atoms with Crippen LogP contribution in [-0.2, 0) is 16.1 Å². The lowest BCUT2D eigenvalue weighted by atomic mass is 9.75. The van der Waals surface area contributed by atoms with Crippen molar-refractivity contribution in [3.8, 4) is 23.0 Å². The quantitative estimate of drug-likeness (QED) is 0.543. The van der Waals surface area contributed by atoms with Crippen LogP contribution in [0.25, 0.3) is 0 Å². The fourth-order valence-corrected chi connectivity index (χ4v) is 5.83. The summed E-state index contributed by atoms with van der Waals surface area (Å²) in [5.41, 5.74) is 5.70. The van der Waals surface area contributed by atoms with E-state index in [9.17, 15) is 15.3 Å². The van der Waals surface area contributed by atoms with Gasteiger partial charge in [-0.2, -0.15) is 0 Å². The highest BCUT2D eigenvalue weighted by Crippen LogP contribution is 2.58. The molecule has 6 nitrogen and oxygen atoms in total. The number of phenolic OH excluding ortho intramolecular Hbond substituents is 3. The maximum Gasteiger partial charge on any atom is 0.220 e. The molecule has 0 radical (unpaired) electrons. The Kier molecular flexibility index (Phi) is 4.31. The van der Waals surface area contributed by atoms with Crippen molar-refractivity contribution in [2.75, 3.05) is 0 Å². The fraction of sp³-hybridized carbons (Fsp3) is 0.520. The molecule has 2 aromatic rings. The number of hydrogen-bond acceptors (Lipinski definition) is 6. The van der Waals surface area contributed by atoms with Crippen LogP contribution in [0, 0.1) is 20.8 Å². The smallest absolute Gasteiger partial charge is 0.220 e. The van der Waals surface area contributed by atoms with Crippen molar-refractivity contribution in [3.63, 3.8) is 0 Å². The maximum absolute atomic E-state index is 10.6. The first-order valence-electron chi connectivity index (χ1n) is 11.0. The Labute approximate surface area is 182 Å². The molecule has 0 bridgehead atoms. The average Bonchev–Trinajstić information content (AvgIpc) is 2.73. The summed E-state index contributed by atoms with van der Waals surface area (Å²) in [6, 6.07) is 1.66. The fourth-order valence-electron chi connectivity index (χ4n) is 5.83. The Balaban J connectivity index is 1.67. The summed E-state index contributed by atoms with van der Waals surface area (Å²) in [5, 5.41) is 31.9. The van der Waals surface area contributed by atoms with Crippen molar-refractivity contribution < 1.29 is 29.5 Å². The molecule has 3 N–H and O–H groups in total. The number of ether oxygens (including phenoxy) is 3. The van der Waals surface area contributed by atoms with E-state index < -0.39 is 5.79 Å². The molecule has 1 unspecified atom stereocenters. The van der Waals surface area contributed by atoms with Gasteiger partial charge in [-0.15, -0.1) is 0 Å². The number of aromatic hydroxyl groups is 3. The summed E-state index contributed by atoms with van der Waals surface area (Å²) in [5.74, 6) is -0.196. The summed E-state index contributed by atoms with van der Waals surface area (Å²) in [6.45, 7) is 11.8. The molecule has 0 amide bonds. The van der Waals surface area contributed by atoms with Crippen molar-refractivity contribution in [3.05, 3.63) is 45.0 Å². The Bertz CT molecular complexity index is 1110. The van der Waals surface area contributed by atoms with E-state index in [-0.39, 0.29) is 47.9 Å². The molecule has 0 saturated heterocycles. The zero-order chi connectivity index (χ0) is 22.4. The van der Waals surface area contributed by atoms with E-state index >= 15 is 0 Å². The number of fused-ring (bicyclic) bond motifs is 1.